The zero-order valence-corrected chi connectivity index (χ0v) is 12.8. The molecule has 5 heteroatoms. The van der Waals surface area contributed by atoms with Crippen LogP contribution in [0.5, 0.6) is 0 Å². The lowest BCUT2D eigenvalue weighted by Crippen LogP contribution is -2.13. The van der Waals surface area contributed by atoms with E-state index in [2.05, 4.69) is 27.9 Å². The van der Waals surface area contributed by atoms with Crippen LogP contribution in [0.4, 0.5) is 5.69 Å². The van der Waals surface area contributed by atoms with Crippen molar-refractivity contribution in [3.8, 4) is 0 Å². The van der Waals surface area contributed by atoms with Crippen molar-refractivity contribution in [3.63, 3.8) is 0 Å². The first-order valence-corrected chi connectivity index (χ1v) is 7.02. The molecule has 2 aromatic carbocycles. The smallest absolute Gasteiger partial charge is 0.256 e. The molecule has 0 saturated heterocycles. The molecule has 0 spiro atoms. The van der Waals surface area contributed by atoms with Crippen molar-refractivity contribution in [2.75, 3.05) is 5.32 Å². The van der Waals surface area contributed by atoms with E-state index in [1.807, 2.05) is 0 Å². The summed E-state index contributed by atoms with van der Waals surface area (Å²) in [4.78, 5) is 12.1. The van der Waals surface area contributed by atoms with Gasteiger partial charge in [-0.15, -0.1) is 0 Å². The molecule has 2 N–H and O–H groups in total. The number of rotatable bonds is 3. The van der Waals surface area contributed by atoms with Gasteiger partial charge < -0.3 is 10.4 Å². The predicted molar refractivity (Wildman–Crippen MR) is 84.5 cm³/mol. The van der Waals surface area contributed by atoms with Crippen LogP contribution in [0.2, 0.25) is 5.02 Å². The second-order valence-corrected chi connectivity index (χ2v) is 5.54. The number of carbonyl (C=O) groups excluding carboxylic acids is 1. The van der Waals surface area contributed by atoms with E-state index >= 15 is 0 Å². The van der Waals surface area contributed by atoms with Crippen molar-refractivity contribution >= 4 is 45.8 Å². The van der Waals surface area contributed by atoms with Crippen LogP contribution < -0.4 is 5.32 Å². The van der Waals surface area contributed by atoms with Crippen molar-refractivity contribution in [3.05, 3.63) is 62.2 Å². The second-order valence-electron chi connectivity index (χ2n) is 3.94. The Morgan fingerprint density at radius 2 is 2.05 bits per heavy atom. The van der Waals surface area contributed by atoms with Gasteiger partial charge in [0.15, 0.2) is 0 Å². The molecular weight excluding hydrogens is 377 g/mol. The van der Waals surface area contributed by atoms with Crippen molar-refractivity contribution in [2.24, 2.45) is 0 Å². The second kappa shape index (κ2) is 6.36. The fourth-order valence-electron chi connectivity index (χ4n) is 1.62. The highest BCUT2D eigenvalue weighted by Gasteiger charge is 2.11. The predicted octanol–water partition coefficient (Wildman–Crippen LogP) is 3.69. The molecule has 0 radical (unpaired) electrons. The minimum atomic E-state index is -0.220. The van der Waals surface area contributed by atoms with Gasteiger partial charge in [0.1, 0.15) is 0 Å². The van der Waals surface area contributed by atoms with Gasteiger partial charge in [-0.1, -0.05) is 23.7 Å². The molecule has 0 fully saturated rings. The van der Waals surface area contributed by atoms with E-state index in [0.717, 1.165) is 9.13 Å². The van der Waals surface area contributed by atoms with Gasteiger partial charge in [0, 0.05) is 14.3 Å². The standard InChI is InChI=1S/C14H11ClINO2/c15-10-4-5-13(16)12(7-10)14(19)17-11-3-1-2-9(6-11)8-18/h1-7,18H,8H2,(H,17,19). The molecule has 0 bridgehead atoms. The largest absolute Gasteiger partial charge is 0.392 e. The third kappa shape index (κ3) is 3.68. The zero-order valence-electron chi connectivity index (χ0n) is 9.86. The highest BCUT2D eigenvalue weighted by atomic mass is 127. The Balaban J connectivity index is 2.23. The molecule has 0 aromatic heterocycles. The maximum absolute atomic E-state index is 12.1. The normalized spacial score (nSPS) is 10.3. The lowest BCUT2D eigenvalue weighted by Gasteiger charge is -2.08. The third-order valence-corrected chi connectivity index (χ3v) is 3.72. The van der Waals surface area contributed by atoms with Crippen molar-refractivity contribution in [1.29, 1.82) is 0 Å². The van der Waals surface area contributed by atoms with E-state index in [0.29, 0.717) is 16.3 Å². The van der Waals surface area contributed by atoms with Gasteiger partial charge in [-0.2, -0.15) is 0 Å². The van der Waals surface area contributed by atoms with E-state index in [4.69, 9.17) is 16.7 Å². The first kappa shape index (κ1) is 14.3. The number of halogens is 2. The lowest BCUT2D eigenvalue weighted by molar-refractivity contribution is 0.102. The summed E-state index contributed by atoms with van der Waals surface area (Å²) in [5.74, 6) is -0.220. The van der Waals surface area contributed by atoms with Gasteiger partial charge in [-0.3, -0.25) is 4.79 Å². The Labute approximate surface area is 129 Å². The number of amides is 1. The minimum Gasteiger partial charge on any atom is -0.392 e. The van der Waals surface area contributed by atoms with E-state index in [1.165, 1.54) is 0 Å². The van der Waals surface area contributed by atoms with Crippen LogP contribution in [0.15, 0.2) is 42.5 Å². The molecule has 0 aliphatic rings. The van der Waals surface area contributed by atoms with Crippen LogP contribution in [0.3, 0.4) is 0 Å². The Morgan fingerprint density at radius 1 is 1.26 bits per heavy atom. The molecule has 0 unspecified atom stereocenters. The Hall–Kier alpha value is -1.11. The first-order chi connectivity index (χ1) is 9.10. The molecule has 0 aliphatic carbocycles. The maximum atomic E-state index is 12.1. The van der Waals surface area contributed by atoms with E-state index in [-0.39, 0.29) is 12.5 Å². The van der Waals surface area contributed by atoms with Crippen molar-refractivity contribution < 1.29 is 9.90 Å². The molecule has 1 amide bonds. The molecular formula is C14H11ClINO2. The average molecular weight is 388 g/mol. The third-order valence-electron chi connectivity index (χ3n) is 2.54. The summed E-state index contributed by atoms with van der Waals surface area (Å²) in [5.41, 5.74) is 1.92. The average Bonchev–Trinajstić information content (AvgIpc) is 2.41. The summed E-state index contributed by atoms with van der Waals surface area (Å²) in [6.07, 6.45) is 0. The van der Waals surface area contributed by atoms with Gasteiger partial charge in [-0.05, 0) is 58.5 Å². The van der Waals surface area contributed by atoms with Crippen molar-refractivity contribution in [1.82, 2.24) is 0 Å². The van der Waals surface area contributed by atoms with E-state index < -0.39 is 0 Å². The van der Waals surface area contributed by atoms with Crippen LogP contribution in [-0.2, 0) is 6.61 Å². The van der Waals surface area contributed by atoms with Crippen LogP contribution in [0.1, 0.15) is 15.9 Å². The molecule has 0 heterocycles. The molecule has 0 atom stereocenters. The van der Waals surface area contributed by atoms with Gasteiger partial charge in [0.2, 0.25) is 0 Å². The highest BCUT2D eigenvalue weighted by Crippen LogP contribution is 2.20. The molecule has 3 nitrogen and oxygen atoms in total. The van der Waals surface area contributed by atoms with Gasteiger partial charge in [-0.25, -0.2) is 0 Å². The van der Waals surface area contributed by atoms with Gasteiger partial charge >= 0.3 is 0 Å². The molecule has 2 aromatic rings. The summed E-state index contributed by atoms with van der Waals surface area (Å²) >= 11 is 7.98. The maximum Gasteiger partial charge on any atom is 0.256 e. The van der Waals surface area contributed by atoms with Crippen LogP contribution in [-0.4, -0.2) is 11.0 Å². The number of aliphatic hydroxyl groups excluding tert-OH is 1. The first-order valence-electron chi connectivity index (χ1n) is 5.56. The quantitative estimate of drug-likeness (QED) is 0.789. The van der Waals surface area contributed by atoms with E-state index in [9.17, 15) is 4.79 Å². The number of hydrogen-bond acceptors (Lipinski definition) is 2. The number of anilines is 1. The highest BCUT2D eigenvalue weighted by molar-refractivity contribution is 14.1. The Bertz CT molecular complexity index is 616. The monoisotopic (exact) mass is 387 g/mol. The number of carbonyl (C=O) groups is 1. The number of hydrogen-bond donors (Lipinski definition) is 2. The number of nitrogens with one attached hydrogen (secondary N) is 1. The topological polar surface area (TPSA) is 49.3 Å². The summed E-state index contributed by atoms with van der Waals surface area (Å²) in [5, 5.41) is 12.4. The van der Waals surface area contributed by atoms with Gasteiger partial charge in [0.05, 0.1) is 12.2 Å². The van der Waals surface area contributed by atoms with E-state index in [1.54, 1.807) is 42.5 Å². The minimum absolute atomic E-state index is 0.0571. The zero-order chi connectivity index (χ0) is 13.8. The molecule has 0 saturated carbocycles. The fraction of sp³-hybridized carbons (Fsp3) is 0.0714. The molecule has 2 rings (SSSR count). The molecule has 0 aliphatic heterocycles. The van der Waals surface area contributed by atoms with Crippen LogP contribution in [0, 0.1) is 3.57 Å². The SMILES string of the molecule is O=C(Nc1cccc(CO)c1)c1cc(Cl)ccc1I. The summed E-state index contributed by atoms with van der Waals surface area (Å²) < 4.78 is 0.831. The molecule has 19 heavy (non-hydrogen) atoms. The number of aliphatic hydroxyl groups is 1. The van der Waals surface area contributed by atoms with Crippen LogP contribution in [0.25, 0.3) is 0 Å². The summed E-state index contributed by atoms with van der Waals surface area (Å²) in [6, 6.07) is 12.2. The summed E-state index contributed by atoms with van der Waals surface area (Å²) in [6.45, 7) is -0.0571. The number of benzene rings is 2. The van der Waals surface area contributed by atoms with Crippen molar-refractivity contribution in [2.45, 2.75) is 6.61 Å². The Kier molecular flexibility index (Phi) is 4.79. The summed E-state index contributed by atoms with van der Waals surface area (Å²) in [7, 11) is 0. The van der Waals surface area contributed by atoms with Crippen LogP contribution >= 0.6 is 34.2 Å². The molecule has 98 valence electrons. The fourth-order valence-corrected chi connectivity index (χ4v) is 2.37. The lowest BCUT2D eigenvalue weighted by atomic mass is 10.2. The Morgan fingerprint density at radius 3 is 2.79 bits per heavy atom. The van der Waals surface area contributed by atoms with Gasteiger partial charge in [0.25, 0.3) is 5.91 Å².